The number of nitrogens with one attached hydrogen (secondary N) is 2. The second-order valence-corrected chi connectivity index (χ2v) is 7.41. The van der Waals surface area contributed by atoms with E-state index in [1.807, 2.05) is 24.3 Å². The number of aryl methyl sites for hydroxylation is 1. The molecule has 0 radical (unpaired) electrons. The zero-order chi connectivity index (χ0) is 20.6. The Morgan fingerprint density at radius 1 is 1.03 bits per heavy atom. The molecule has 3 rings (SSSR count). The summed E-state index contributed by atoms with van der Waals surface area (Å²) in [5, 5.41) is 5.88. The first-order valence-electron chi connectivity index (χ1n) is 10.2. The Hall–Kier alpha value is -2.89. The Morgan fingerprint density at radius 2 is 1.72 bits per heavy atom. The van der Waals surface area contributed by atoms with E-state index >= 15 is 0 Å². The van der Waals surface area contributed by atoms with Gasteiger partial charge in [-0.05, 0) is 61.2 Å². The second-order valence-electron chi connectivity index (χ2n) is 7.41. The normalized spacial score (nSPS) is 14.5. The van der Waals surface area contributed by atoms with Crippen LogP contribution >= 0.6 is 0 Å². The van der Waals surface area contributed by atoms with Gasteiger partial charge in [0, 0.05) is 43.3 Å². The van der Waals surface area contributed by atoms with E-state index in [1.54, 1.807) is 12.1 Å². The number of hydrogen-bond donors (Lipinski definition) is 2. The van der Waals surface area contributed by atoms with Crippen LogP contribution in [0.2, 0.25) is 0 Å². The molecule has 29 heavy (non-hydrogen) atoms. The number of carbonyl (C=O) groups is 2. The van der Waals surface area contributed by atoms with E-state index in [9.17, 15) is 14.0 Å². The molecule has 0 unspecified atom stereocenters. The molecule has 6 heteroatoms. The molecule has 0 atom stereocenters. The van der Waals surface area contributed by atoms with Crippen LogP contribution in [0.15, 0.2) is 48.5 Å². The fourth-order valence-electron chi connectivity index (χ4n) is 3.55. The third-order valence-corrected chi connectivity index (χ3v) is 5.25. The Bertz CT molecular complexity index is 830. The lowest BCUT2D eigenvalue weighted by molar-refractivity contribution is -0.125. The molecule has 5 nitrogen and oxygen atoms in total. The van der Waals surface area contributed by atoms with E-state index in [0.717, 1.165) is 49.3 Å². The van der Waals surface area contributed by atoms with Gasteiger partial charge in [0.2, 0.25) is 11.8 Å². The SMILES string of the molecule is CCc1cccc(NC(=O)CCC(=O)NC2CCN(c3ccc(F)cc3)CC2)c1. The van der Waals surface area contributed by atoms with Crippen molar-refractivity contribution in [2.24, 2.45) is 0 Å². The van der Waals surface area contributed by atoms with Crippen LogP contribution in [-0.4, -0.2) is 30.9 Å². The van der Waals surface area contributed by atoms with Crippen molar-refractivity contribution in [1.82, 2.24) is 5.32 Å². The summed E-state index contributed by atoms with van der Waals surface area (Å²) in [7, 11) is 0. The van der Waals surface area contributed by atoms with Crippen LogP contribution in [0.1, 0.15) is 38.2 Å². The first-order chi connectivity index (χ1) is 14.0. The number of amides is 2. The predicted molar refractivity (Wildman–Crippen MR) is 113 cm³/mol. The van der Waals surface area contributed by atoms with Gasteiger partial charge in [0.1, 0.15) is 5.82 Å². The van der Waals surface area contributed by atoms with Gasteiger partial charge < -0.3 is 15.5 Å². The highest BCUT2D eigenvalue weighted by Crippen LogP contribution is 2.20. The number of halogens is 1. The molecule has 154 valence electrons. The summed E-state index contributed by atoms with van der Waals surface area (Å²) in [5.41, 5.74) is 2.93. The lowest BCUT2D eigenvalue weighted by Crippen LogP contribution is -2.44. The van der Waals surface area contributed by atoms with Gasteiger partial charge in [0.15, 0.2) is 0 Å². The maximum atomic E-state index is 13.1. The maximum Gasteiger partial charge on any atom is 0.224 e. The number of benzene rings is 2. The molecule has 1 aliphatic rings. The molecule has 1 saturated heterocycles. The molecule has 1 aliphatic heterocycles. The first kappa shape index (κ1) is 20.8. The minimum atomic E-state index is -0.238. The minimum Gasteiger partial charge on any atom is -0.371 e. The van der Waals surface area contributed by atoms with Crippen LogP contribution in [0.5, 0.6) is 0 Å². The summed E-state index contributed by atoms with van der Waals surface area (Å²) in [6.45, 7) is 3.69. The van der Waals surface area contributed by atoms with Crippen molar-refractivity contribution in [2.45, 2.75) is 45.1 Å². The third kappa shape index (κ3) is 6.31. The average Bonchev–Trinajstić information content (AvgIpc) is 2.74. The molecule has 2 aromatic rings. The van der Waals surface area contributed by atoms with Crippen molar-refractivity contribution >= 4 is 23.2 Å². The topological polar surface area (TPSA) is 61.4 Å². The van der Waals surface area contributed by atoms with Crippen LogP contribution in [0.4, 0.5) is 15.8 Å². The van der Waals surface area contributed by atoms with Gasteiger partial charge in [-0.2, -0.15) is 0 Å². The third-order valence-electron chi connectivity index (χ3n) is 5.25. The van der Waals surface area contributed by atoms with E-state index in [2.05, 4.69) is 22.5 Å². The van der Waals surface area contributed by atoms with E-state index in [-0.39, 0.29) is 36.5 Å². The lowest BCUT2D eigenvalue weighted by atomic mass is 10.0. The number of nitrogens with zero attached hydrogens (tertiary/aromatic N) is 1. The maximum absolute atomic E-state index is 13.1. The predicted octanol–water partition coefficient (Wildman–Crippen LogP) is 3.89. The number of piperidine rings is 1. The van der Waals surface area contributed by atoms with E-state index in [0.29, 0.717) is 0 Å². The number of anilines is 2. The highest BCUT2D eigenvalue weighted by atomic mass is 19.1. The number of rotatable bonds is 7. The Balaban J connectivity index is 1.37. The second kappa shape index (κ2) is 10.0. The van der Waals surface area contributed by atoms with Gasteiger partial charge in [-0.25, -0.2) is 4.39 Å². The number of carbonyl (C=O) groups excluding carboxylic acids is 2. The van der Waals surface area contributed by atoms with Crippen LogP contribution < -0.4 is 15.5 Å². The highest BCUT2D eigenvalue weighted by Gasteiger charge is 2.21. The Morgan fingerprint density at radius 3 is 2.41 bits per heavy atom. The van der Waals surface area contributed by atoms with E-state index in [4.69, 9.17) is 0 Å². The molecule has 2 aromatic carbocycles. The molecule has 0 spiro atoms. The summed E-state index contributed by atoms with van der Waals surface area (Å²) in [4.78, 5) is 26.5. The van der Waals surface area contributed by atoms with Crippen LogP contribution in [0.25, 0.3) is 0 Å². The van der Waals surface area contributed by atoms with Crippen LogP contribution in [0.3, 0.4) is 0 Å². The van der Waals surface area contributed by atoms with Gasteiger partial charge >= 0.3 is 0 Å². The van der Waals surface area contributed by atoms with Crippen molar-refractivity contribution in [3.8, 4) is 0 Å². The van der Waals surface area contributed by atoms with Crippen molar-refractivity contribution < 1.29 is 14.0 Å². The summed E-state index contributed by atoms with van der Waals surface area (Å²) in [6.07, 6.45) is 2.92. The zero-order valence-corrected chi connectivity index (χ0v) is 16.8. The molecular weight excluding hydrogens is 369 g/mol. The first-order valence-corrected chi connectivity index (χ1v) is 10.2. The summed E-state index contributed by atoms with van der Waals surface area (Å²) in [6, 6.07) is 14.3. The molecular formula is C23H28FN3O2. The Kier molecular flexibility index (Phi) is 7.22. The van der Waals surface area contributed by atoms with Crippen molar-refractivity contribution in [2.75, 3.05) is 23.3 Å². The average molecular weight is 397 g/mol. The zero-order valence-electron chi connectivity index (χ0n) is 16.8. The lowest BCUT2D eigenvalue weighted by Gasteiger charge is -2.34. The van der Waals surface area contributed by atoms with Crippen molar-refractivity contribution in [1.29, 1.82) is 0 Å². The number of hydrogen-bond acceptors (Lipinski definition) is 3. The molecule has 2 N–H and O–H groups in total. The fraction of sp³-hybridized carbons (Fsp3) is 0.391. The molecule has 0 aliphatic carbocycles. The molecule has 0 aromatic heterocycles. The minimum absolute atomic E-state index is 0.0947. The Labute approximate surface area is 171 Å². The summed E-state index contributed by atoms with van der Waals surface area (Å²) in [5.74, 6) is -0.486. The smallest absolute Gasteiger partial charge is 0.224 e. The fourth-order valence-corrected chi connectivity index (χ4v) is 3.55. The van der Waals surface area contributed by atoms with Crippen molar-refractivity contribution in [3.05, 3.63) is 59.9 Å². The highest BCUT2D eigenvalue weighted by molar-refractivity contribution is 5.93. The van der Waals surface area contributed by atoms with Gasteiger partial charge in [-0.3, -0.25) is 9.59 Å². The van der Waals surface area contributed by atoms with E-state index < -0.39 is 0 Å². The standard InChI is InChI=1S/C23H28FN3O2/c1-2-17-4-3-5-20(16-17)26-23(29)11-10-22(28)25-19-12-14-27(15-13-19)21-8-6-18(24)7-9-21/h3-9,16,19H,2,10-15H2,1H3,(H,25,28)(H,26,29). The quantitative estimate of drug-likeness (QED) is 0.745. The van der Waals surface area contributed by atoms with Gasteiger partial charge in [-0.1, -0.05) is 19.1 Å². The molecule has 1 fully saturated rings. The summed E-state index contributed by atoms with van der Waals surface area (Å²) < 4.78 is 13.1. The van der Waals surface area contributed by atoms with E-state index in [1.165, 1.54) is 12.1 Å². The van der Waals surface area contributed by atoms with Gasteiger partial charge in [0.25, 0.3) is 0 Å². The van der Waals surface area contributed by atoms with Crippen LogP contribution in [-0.2, 0) is 16.0 Å². The molecule has 0 bridgehead atoms. The van der Waals surface area contributed by atoms with Gasteiger partial charge in [-0.15, -0.1) is 0 Å². The van der Waals surface area contributed by atoms with Crippen molar-refractivity contribution in [3.63, 3.8) is 0 Å². The van der Waals surface area contributed by atoms with Crippen LogP contribution in [0, 0.1) is 5.82 Å². The molecule has 1 heterocycles. The molecule has 2 amide bonds. The van der Waals surface area contributed by atoms with Gasteiger partial charge in [0.05, 0.1) is 0 Å². The molecule has 0 saturated carbocycles. The summed E-state index contributed by atoms with van der Waals surface area (Å²) >= 11 is 0. The largest absolute Gasteiger partial charge is 0.371 e. The monoisotopic (exact) mass is 397 g/mol.